The van der Waals surface area contributed by atoms with E-state index in [1.165, 1.54) is 0 Å². The molecule has 0 aliphatic rings. The molecular formula is C10H15ClN2O. The first-order valence-corrected chi connectivity index (χ1v) is 4.83. The molecule has 0 fully saturated rings. The van der Waals surface area contributed by atoms with Crippen LogP contribution < -0.4 is 11.1 Å². The maximum atomic E-state index is 5.84. The topological polar surface area (TPSA) is 47.3 Å². The highest BCUT2D eigenvalue weighted by Crippen LogP contribution is 2.22. The van der Waals surface area contributed by atoms with Crippen molar-refractivity contribution in [2.75, 3.05) is 24.7 Å². The zero-order valence-corrected chi connectivity index (χ0v) is 9.14. The molecule has 1 aromatic carbocycles. The molecule has 3 N–H and O–H groups in total. The van der Waals surface area contributed by atoms with Crippen LogP contribution in [0.3, 0.4) is 0 Å². The van der Waals surface area contributed by atoms with Gasteiger partial charge in [0.25, 0.3) is 0 Å². The second kappa shape index (κ2) is 5.08. The van der Waals surface area contributed by atoms with Crippen molar-refractivity contribution >= 4 is 23.0 Å². The van der Waals surface area contributed by atoms with Crippen molar-refractivity contribution in [3.63, 3.8) is 0 Å². The largest absolute Gasteiger partial charge is 0.397 e. The third-order valence-corrected chi connectivity index (χ3v) is 2.23. The summed E-state index contributed by atoms with van der Waals surface area (Å²) in [6.45, 7) is 2.69. The molecule has 1 unspecified atom stereocenters. The Hall–Kier alpha value is -0.930. The number of nitrogens with one attached hydrogen (secondary N) is 1. The predicted molar refractivity (Wildman–Crippen MR) is 60.8 cm³/mol. The molecule has 4 heteroatoms. The third kappa shape index (κ3) is 3.09. The molecule has 3 nitrogen and oxygen atoms in total. The van der Waals surface area contributed by atoms with Gasteiger partial charge in [-0.2, -0.15) is 0 Å². The van der Waals surface area contributed by atoms with Gasteiger partial charge in [0.1, 0.15) is 0 Å². The average molecular weight is 215 g/mol. The average Bonchev–Trinajstić information content (AvgIpc) is 2.19. The SMILES string of the molecule is COC(C)CNc1cc(Cl)ccc1N. The van der Waals surface area contributed by atoms with E-state index in [-0.39, 0.29) is 6.10 Å². The van der Waals surface area contributed by atoms with Crippen molar-refractivity contribution in [2.45, 2.75) is 13.0 Å². The van der Waals surface area contributed by atoms with Crippen molar-refractivity contribution in [3.8, 4) is 0 Å². The molecule has 14 heavy (non-hydrogen) atoms. The fraction of sp³-hybridized carbons (Fsp3) is 0.400. The van der Waals surface area contributed by atoms with Gasteiger partial charge in [-0.25, -0.2) is 0 Å². The molecule has 1 atom stereocenters. The highest BCUT2D eigenvalue weighted by molar-refractivity contribution is 6.31. The summed E-state index contributed by atoms with van der Waals surface area (Å²) in [4.78, 5) is 0. The normalized spacial score (nSPS) is 12.5. The molecule has 1 aromatic rings. The summed E-state index contributed by atoms with van der Waals surface area (Å²) in [6, 6.07) is 5.35. The fourth-order valence-electron chi connectivity index (χ4n) is 1.02. The molecule has 0 saturated carbocycles. The second-order valence-electron chi connectivity index (χ2n) is 3.16. The molecule has 0 spiro atoms. The lowest BCUT2D eigenvalue weighted by Crippen LogP contribution is -2.18. The molecule has 0 bridgehead atoms. The number of halogens is 1. The first-order valence-electron chi connectivity index (χ1n) is 4.45. The van der Waals surface area contributed by atoms with Crippen LogP contribution in [0.1, 0.15) is 6.92 Å². The Morgan fingerprint density at radius 1 is 1.57 bits per heavy atom. The minimum atomic E-state index is 0.147. The van der Waals surface area contributed by atoms with Gasteiger partial charge < -0.3 is 15.8 Å². The smallest absolute Gasteiger partial charge is 0.0715 e. The van der Waals surface area contributed by atoms with Gasteiger partial charge >= 0.3 is 0 Å². The highest BCUT2D eigenvalue weighted by atomic mass is 35.5. The van der Waals surface area contributed by atoms with E-state index in [4.69, 9.17) is 22.1 Å². The standard InChI is InChI=1S/C10H15ClN2O/c1-7(14-2)6-13-10-5-8(11)3-4-9(10)12/h3-5,7,13H,6,12H2,1-2H3. The molecular weight excluding hydrogens is 200 g/mol. The first-order chi connectivity index (χ1) is 6.63. The number of rotatable bonds is 4. The van der Waals surface area contributed by atoms with Crippen molar-refractivity contribution in [1.29, 1.82) is 0 Å². The summed E-state index contributed by atoms with van der Waals surface area (Å²) in [5.74, 6) is 0. The molecule has 1 rings (SSSR count). The maximum Gasteiger partial charge on any atom is 0.0715 e. The van der Waals surface area contributed by atoms with E-state index in [0.29, 0.717) is 17.3 Å². The lowest BCUT2D eigenvalue weighted by molar-refractivity contribution is 0.129. The van der Waals surface area contributed by atoms with Crippen LogP contribution in [0, 0.1) is 0 Å². The Labute approximate surface area is 89.2 Å². The van der Waals surface area contributed by atoms with Crippen molar-refractivity contribution in [2.24, 2.45) is 0 Å². The Morgan fingerprint density at radius 2 is 2.29 bits per heavy atom. The van der Waals surface area contributed by atoms with Gasteiger partial charge in [-0.05, 0) is 25.1 Å². The van der Waals surface area contributed by atoms with Gasteiger partial charge in [-0.1, -0.05) is 11.6 Å². The van der Waals surface area contributed by atoms with E-state index in [1.807, 2.05) is 6.92 Å². The van der Waals surface area contributed by atoms with Crippen LogP contribution in [-0.2, 0) is 4.74 Å². The third-order valence-electron chi connectivity index (χ3n) is 2.00. The van der Waals surface area contributed by atoms with Gasteiger partial charge in [0.2, 0.25) is 0 Å². The van der Waals surface area contributed by atoms with E-state index in [0.717, 1.165) is 5.69 Å². The zero-order valence-electron chi connectivity index (χ0n) is 8.38. The maximum absolute atomic E-state index is 5.84. The van der Waals surface area contributed by atoms with E-state index < -0.39 is 0 Å². The number of anilines is 2. The minimum absolute atomic E-state index is 0.147. The second-order valence-corrected chi connectivity index (χ2v) is 3.60. The van der Waals surface area contributed by atoms with Crippen molar-refractivity contribution < 1.29 is 4.74 Å². The van der Waals surface area contributed by atoms with Gasteiger partial charge in [0, 0.05) is 18.7 Å². The summed E-state index contributed by atoms with van der Waals surface area (Å²) >= 11 is 5.84. The summed E-state index contributed by atoms with van der Waals surface area (Å²) in [5.41, 5.74) is 7.30. The Bertz CT molecular complexity index is 304. The van der Waals surface area contributed by atoms with Crippen LogP contribution in [0.25, 0.3) is 0 Å². The number of nitrogens with two attached hydrogens (primary N) is 1. The van der Waals surface area contributed by atoms with Crippen LogP contribution >= 0.6 is 11.6 Å². The molecule has 78 valence electrons. The molecule has 0 radical (unpaired) electrons. The van der Waals surface area contributed by atoms with Gasteiger partial charge in [-0.3, -0.25) is 0 Å². The lowest BCUT2D eigenvalue weighted by atomic mass is 10.2. The molecule has 0 saturated heterocycles. The van der Waals surface area contributed by atoms with Gasteiger partial charge in [0.05, 0.1) is 17.5 Å². The molecule has 0 amide bonds. The van der Waals surface area contributed by atoms with Gasteiger partial charge in [-0.15, -0.1) is 0 Å². The molecule has 0 aromatic heterocycles. The Balaban J connectivity index is 2.62. The van der Waals surface area contributed by atoms with E-state index in [2.05, 4.69) is 5.32 Å². The van der Waals surface area contributed by atoms with Crippen molar-refractivity contribution in [1.82, 2.24) is 0 Å². The number of benzene rings is 1. The lowest BCUT2D eigenvalue weighted by Gasteiger charge is -2.13. The number of ether oxygens (including phenoxy) is 1. The molecule has 0 aliphatic heterocycles. The summed E-state index contributed by atoms with van der Waals surface area (Å²) < 4.78 is 5.11. The molecule has 0 heterocycles. The van der Waals surface area contributed by atoms with Crippen LogP contribution in [-0.4, -0.2) is 19.8 Å². The number of nitrogen functional groups attached to an aromatic ring is 1. The van der Waals surface area contributed by atoms with Gasteiger partial charge in [0.15, 0.2) is 0 Å². The minimum Gasteiger partial charge on any atom is -0.397 e. The van der Waals surface area contributed by atoms with Crippen LogP contribution in [0.2, 0.25) is 5.02 Å². The van der Waals surface area contributed by atoms with Crippen molar-refractivity contribution in [3.05, 3.63) is 23.2 Å². The van der Waals surface area contributed by atoms with E-state index in [1.54, 1.807) is 25.3 Å². The van der Waals surface area contributed by atoms with Crippen LogP contribution in [0.4, 0.5) is 11.4 Å². The monoisotopic (exact) mass is 214 g/mol. The molecule has 0 aliphatic carbocycles. The van der Waals surface area contributed by atoms with E-state index in [9.17, 15) is 0 Å². The van der Waals surface area contributed by atoms with E-state index >= 15 is 0 Å². The Morgan fingerprint density at radius 3 is 2.93 bits per heavy atom. The summed E-state index contributed by atoms with van der Waals surface area (Å²) in [7, 11) is 1.67. The Kier molecular flexibility index (Phi) is 4.04. The first kappa shape index (κ1) is 11.1. The fourth-order valence-corrected chi connectivity index (χ4v) is 1.19. The number of hydrogen-bond donors (Lipinski definition) is 2. The quantitative estimate of drug-likeness (QED) is 0.757. The summed E-state index contributed by atoms with van der Waals surface area (Å²) in [5, 5.41) is 3.84. The number of methoxy groups -OCH3 is 1. The zero-order chi connectivity index (χ0) is 10.6. The summed E-state index contributed by atoms with van der Waals surface area (Å²) in [6.07, 6.45) is 0.147. The number of hydrogen-bond acceptors (Lipinski definition) is 3. The predicted octanol–water partition coefficient (Wildman–Crippen LogP) is 2.37. The van der Waals surface area contributed by atoms with Crippen LogP contribution in [0.5, 0.6) is 0 Å². The van der Waals surface area contributed by atoms with Crippen LogP contribution in [0.15, 0.2) is 18.2 Å². The highest BCUT2D eigenvalue weighted by Gasteiger charge is 2.02.